The molecule has 1 aromatic rings. The number of aryl methyl sites for hydroxylation is 1. The highest BCUT2D eigenvalue weighted by Gasteiger charge is 2.65. The second-order valence-corrected chi connectivity index (χ2v) is 6.16. The summed E-state index contributed by atoms with van der Waals surface area (Å²) in [5.74, 6) is -2.97. The minimum Gasteiger partial charge on any atom is -0.550 e. The molecule has 5 nitrogen and oxygen atoms in total. The van der Waals surface area contributed by atoms with Crippen LogP contribution in [0.1, 0.15) is 12.5 Å². The van der Waals surface area contributed by atoms with Gasteiger partial charge in [0.15, 0.2) is 0 Å². The summed E-state index contributed by atoms with van der Waals surface area (Å²) in [4.78, 5) is 25.8. The van der Waals surface area contributed by atoms with E-state index in [4.69, 9.17) is 4.74 Å². The van der Waals surface area contributed by atoms with E-state index in [1.54, 1.807) is 11.0 Å². The molecule has 3 aliphatic heterocycles. The highest BCUT2D eigenvalue weighted by atomic mass is 16.5. The zero-order chi connectivity index (χ0) is 15.5. The van der Waals surface area contributed by atoms with Crippen molar-refractivity contribution in [1.29, 1.82) is 0 Å². The molecular weight excluding hydrogens is 282 g/mol. The van der Waals surface area contributed by atoms with Crippen molar-refractivity contribution < 1.29 is 19.4 Å². The molecule has 0 unspecified atom stereocenters. The molecule has 3 aliphatic rings. The number of amides is 1. The molecule has 22 heavy (non-hydrogen) atoms. The molecule has 1 aromatic carbocycles. The number of anilines is 1. The molecule has 4 atom stereocenters. The molecule has 0 aromatic heterocycles. The number of hydrogen-bond donors (Lipinski definition) is 0. The van der Waals surface area contributed by atoms with Crippen LogP contribution in [0, 0.1) is 11.8 Å². The number of benzene rings is 1. The number of hydrogen-bond acceptors (Lipinski definition) is 4. The number of rotatable bonds is 3. The monoisotopic (exact) mass is 298 g/mol. The Labute approximate surface area is 128 Å². The predicted octanol–water partition coefficient (Wildman–Crippen LogP) is 0.285. The number of ether oxygens (including phenoxy) is 1. The van der Waals surface area contributed by atoms with Crippen LogP contribution < -0.4 is 10.0 Å². The normalized spacial score (nSPS) is 35.2. The molecular formula is C17H16NO4-. The fourth-order valence-corrected chi connectivity index (χ4v) is 3.90. The van der Waals surface area contributed by atoms with Crippen molar-refractivity contribution in [2.24, 2.45) is 11.8 Å². The summed E-state index contributed by atoms with van der Waals surface area (Å²) in [5.41, 5.74) is 1.16. The van der Waals surface area contributed by atoms with Gasteiger partial charge in [0.1, 0.15) is 5.60 Å². The fraction of sp³-hybridized carbons (Fsp3) is 0.412. The molecule has 2 bridgehead atoms. The first-order valence-electron chi connectivity index (χ1n) is 7.54. The van der Waals surface area contributed by atoms with E-state index in [1.165, 1.54) is 5.56 Å². The number of aliphatic carboxylic acids is 1. The van der Waals surface area contributed by atoms with E-state index in [0.717, 1.165) is 12.1 Å². The van der Waals surface area contributed by atoms with Gasteiger partial charge in [-0.05, 0) is 24.1 Å². The van der Waals surface area contributed by atoms with Gasteiger partial charge >= 0.3 is 0 Å². The van der Waals surface area contributed by atoms with E-state index in [1.807, 2.05) is 30.3 Å². The maximum atomic E-state index is 12.8. The van der Waals surface area contributed by atoms with Gasteiger partial charge in [-0.15, -0.1) is 0 Å². The number of carbonyl (C=O) groups excluding carboxylic acids is 2. The van der Waals surface area contributed by atoms with Crippen LogP contribution >= 0.6 is 0 Å². The average Bonchev–Trinajstić information content (AvgIpc) is 3.15. The maximum absolute atomic E-state index is 12.8. The average molecular weight is 298 g/mol. The van der Waals surface area contributed by atoms with Crippen molar-refractivity contribution in [3.63, 3.8) is 0 Å². The van der Waals surface area contributed by atoms with Crippen molar-refractivity contribution >= 4 is 17.6 Å². The zero-order valence-corrected chi connectivity index (χ0v) is 12.2. The van der Waals surface area contributed by atoms with Gasteiger partial charge in [0.2, 0.25) is 5.91 Å². The van der Waals surface area contributed by atoms with Gasteiger partial charge in [0, 0.05) is 17.6 Å². The van der Waals surface area contributed by atoms with Crippen LogP contribution in [-0.4, -0.2) is 30.1 Å². The first-order chi connectivity index (χ1) is 10.6. The Kier molecular flexibility index (Phi) is 2.72. The highest BCUT2D eigenvalue weighted by molar-refractivity contribution is 6.02. The summed E-state index contributed by atoms with van der Waals surface area (Å²) >= 11 is 0. The molecule has 1 amide bonds. The van der Waals surface area contributed by atoms with Crippen LogP contribution in [0.25, 0.3) is 0 Å². The summed E-state index contributed by atoms with van der Waals surface area (Å²) < 4.78 is 5.83. The van der Waals surface area contributed by atoms with E-state index in [-0.39, 0.29) is 5.91 Å². The molecule has 0 aliphatic carbocycles. The maximum Gasteiger partial charge on any atom is 0.234 e. The number of carboxylic acids is 1. The molecule has 5 heteroatoms. The first kappa shape index (κ1) is 13.5. The van der Waals surface area contributed by atoms with Crippen LogP contribution in [-0.2, 0) is 20.7 Å². The van der Waals surface area contributed by atoms with Crippen molar-refractivity contribution in [3.05, 3.63) is 42.0 Å². The summed E-state index contributed by atoms with van der Waals surface area (Å²) in [6, 6.07) is 7.77. The van der Waals surface area contributed by atoms with E-state index in [9.17, 15) is 14.7 Å². The third-order valence-electron chi connectivity index (χ3n) is 5.03. The van der Waals surface area contributed by atoms with Gasteiger partial charge in [-0.2, -0.15) is 0 Å². The summed E-state index contributed by atoms with van der Waals surface area (Å²) in [6.07, 6.45) is 3.98. The van der Waals surface area contributed by atoms with Crippen LogP contribution in [0.5, 0.6) is 0 Å². The van der Waals surface area contributed by atoms with Crippen molar-refractivity contribution in [2.45, 2.75) is 25.0 Å². The Bertz CT molecular complexity index is 680. The van der Waals surface area contributed by atoms with Crippen molar-refractivity contribution in [3.8, 4) is 0 Å². The number of nitrogens with zero attached hydrogens (tertiary/aromatic N) is 1. The van der Waals surface area contributed by atoms with Gasteiger partial charge in [0.25, 0.3) is 0 Å². The second-order valence-electron chi connectivity index (χ2n) is 6.16. The third-order valence-corrected chi connectivity index (χ3v) is 5.03. The molecule has 0 radical (unpaired) electrons. The Morgan fingerprint density at radius 3 is 2.77 bits per heavy atom. The van der Waals surface area contributed by atoms with Crippen LogP contribution in [0.15, 0.2) is 36.4 Å². The molecule has 3 heterocycles. The summed E-state index contributed by atoms with van der Waals surface area (Å²) in [6.45, 7) is 2.43. The second kappa shape index (κ2) is 4.43. The first-order valence-corrected chi connectivity index (χ1v) is 7.54. The molecule has 114 valence electrons. The smallest absolute Gasteiger partial charge is 0.234 e. The molecule has 0 saturated carbocycles. The Balaban J connectivity index is 1.70. The highest BCUT2D eigenvalue weighted by Crippen LogP contribution is 2.52. The number of carboxylic acid groups (broad SMARTS) is 1. The van der Waals surface area contributed by atoms with E-state index in [2.05, 4.69) is 6.92 Å². The van der Waals surface area contributed by atoms with E-state index in [0.29, 0.717) is 6.54 Å². The van der Waals surface area contributed by atoms with Crippen molar-refractivity contribution in [2.75, 3.05) is 11.4 Å². The molecule has 2 saturated heterocycles. The Morgan fingerprint density at radius 1 is 1.41 bits per heavy atom. The van der Waals surface area contributed by atoms with E-state index < -0.39 is 29.5 Å². The van der Waals surface area contributed by atoms with Gasteiger partial charge in [-0.3, -0.25) is 4.79 Å². The minimum atomic E-state index is -1.21. The SMILES string of the molecule is CCc1ccc(N2C[C@@]34C=C[C@H](O3)[C@@H](C(=O)[O-])[C@H]4C2=O)cc1. The summed E-state index contributed by atoms with van der Waals surface area (Å²) in [7, 11) is 0. The predicted molar refractivity (Wildman–Crippen MR) is 76.9 cm³/mol. The minimum absolute atomic E-state index is 0.190. The fourth-order valence-electron chi connectivity index (χ4n) is 3.90. The van der Waals surface area contributed by atoms with E-state index >= 15 is 0 Å². The third kappa shape index (κ3) is 1.63. The summed E-state index contributed by atoms with van der Waals surface area (Å²) in [5, 5.41) is 11.4. The van der Waals surface area contributed by atoms with Crippen LogP contribution in [0.4, 0.5) is 5.69 Å². The Morgan fingerprint density at radius 2 is 2.14 bits per heavy atom. The lowest BCUT2D eigenvalue weighted by Crippen LogP contribution is -2.45. The van der Waals surface area contributed by atoms with Crippen LogP contribution in [0.3, 0.4) is 0 Å². The molecule has 4 rings (SSSR count). The Hall–Kier alpha value is -2.14. The van der Waals surface area contributed by atoms with Crippen molar-refractivity contribution in [1.82, 2.24) is 0 Å². The topological polar surface area (TPSA) is 69.7 Å². The van der Waals surface area contributed by atoms with Gasteiger partial charge in [-0.25, -0.2) is 0 Å². The molecule has 0 N–H and O–H groups in total. The zero-order valence-electron chi connectivity index (χ0n) is 12.2. The van der Waals surface area contributed by atoms with Gasteiger partial charge in [-0.1, -0.05) is 31.2 Å². The lowest BCUT2D eigenvalue weighted by Gasteiger charge is -2.24. The molecule has 2 fully saturated rings. The largest absolute Gasteiger partial charge is 0.550 e. The number of carbonyl (C=O) groups is 2. The lowest BCUT2D eigenvalue weighted by molar-refractivity contribution is -0.313. The quantitative estimate of drug-likeness (QED) is 0.752. The van der Waals surface area contributed by atoms with Gasteiger partial charge < -0.3 is 19.5 Å². The standard InChI is InChI=1S/C17H17NO4/c1-2-10-3-5-11(6-4-10)18-9-17-8-7-12(22-17)13(16(20)21)14(17)15(18)19/h3-8,12-14H,2,9H2,1H3,(H,20,21)/p-1/t12-,13+,14-,17+/m0/s1. The molecule has 1 spiro atoms. The van der Waals surface area contributed by atoms with Crippen LogP contribution in [0.2, 0.25) is 0 Å². The number of fused-ring (bicyclic) bond motifs is 1. The van der Waals surface area contributed by atoms with Gasteiger partial charge in [0.05, 0.1) is 18.6 Å². The lowest BCUT2D eigenvalue weighted by atomic mass is 9.77.